The van der Waals surface area contributed by atoms with Crippen LogP contribution in [0.2, 0.25) is 0 Å². The highest BCUT2D eigenvalue weighted by Gasteiger charge is 2.13. The van der Waals surface area contributed by atoms with E-state index in [0.717, 1.165) is 26.0 Å². The molecule has 0 spiro atoms. The molecule has 0 radical (unpaired) electrons. The summed E-state index contributed by atoms with van der Waals surface area (Å²) in [4.78, 5) is 2.04. The summed E-state index contributed by atoms with van der Waals surface area (Å²) in [7, 11) is 1.97. The van der Waals surface area contributed by atoms with Crippen LogP contribution in [0.1, 0.15) is 19.3 Å². The number of aliphatic hydroxyl groups excluding tert-OH is 1. The van der Waals surface area contributed by atoms with Gasteiger partial charge in [0.25, 0.3) is 0 Å². The first-order valence-corrected chi connectivity index (χ1v) is 5.35. The molecule has 4 heteroatoms. The van der Waals surface area contributed by atoms with Gasteiger partial charge in [-0.3, -0.25) is 0 Å². The predicted molar refractivity (Wildman–Crippen MR) is 54.1 cm³/mol. The van der Waals surface area contributed by atoms with Crippen LogP contribution < -0.4 is 0 Å². The zero-order chi connectivity index (χ0) is 10.2. The predicted octanol–water partition coefficient (Wildman–Crippen LogP) is 0.454. The van der Waals surface area contributed by atoms with Gasteiger partial charge < -0.3 is 19.5 Å². The van der Waals surface area contributed by atoms with Crippen molar-refractivity contribution < 1.29 is 14.6 Å². The van der Waals surface area contributed by atoms with Crippen LogP contribution in [0.25, 0.3) is 0 Å². The second-order valence-corrected chi connectivity index (χ2v) is 3.69. The van der Waals surface area contributed by atoms with Crippen LogP contribution >= 0.6 is 0 Å². The molecule has 1 heterocycles. The number of nitrogens with zero attached hydrogens (tertiary/aromatic N) is 1. The van der Waals surface area contributed by atoms with E-state index in [4.69, 9.17) is 14.6 Å². The lowest BCUT2D eigenvalue weighted by molar-refractivity contribution is -0.163. The summed E-state index contributed by atoms with van der Waals surface area (Å²) >= 11 is 0. The van der Waals surface area contributed by atoms with E-state index in [1.165, 1.54) is 6.42 Å². The molecule has 14 heavy (non-hydrogen) atoms. The van der Waals surface area contributed by atoms with Crippen molar-refractivity contribution in [1.82, 2.24) is 4.90 Å². The number of ether oxygens (including phenoxy) is 2. The van der Waals surface area contributed by atoms with Crippen LogP contribution in [0, 0.1) is 0 Å². The van der Waals surface area contributed by atoms with E-state index in [9.17, 15) is 0 Å². The van der Waals surface area contributed by atoms with Gasteiger partial charge in [0.15, 0.2) is 6.29 Å². The van der Waals surface area contributed by atoms with E-state index >= 15 is 0 Å². The lowest BCUT2D eigenvalue weighted by atomic mass is 10.2. The molecule has 1 fully saturated rings. The second-order valence-electron chi connectivity index (χ2n) is 3.69. The maximum Gasteiger partial charge on any atom is 0.157 e. The van der Waals surface area contributed by atoms with E-state index in [0.29, 0.717) is 13.2 Å². The maximum atomic E-state index is 8.68. The molecule has 0 bridgehead atoms. The van der Waals surface area contributed by atoms with Gasteiger partial charge >= 0.3 is 0 Å². The number of rotatable bonds is 6. The van der Waals surface area contributed by atoms with Crippen molar-refractivity contribution in [2.45, 2.75) is 25.6 Å². The normalized spacial score (nSPS) is 22.9. The van der Waals surface area contributed by atoms with Crippen molar-refractivity contribution in [3.05, 3.63) is 0 Å². The Morgan fingerprint density at radius 2 is 2.29 bits per heavy atom. The molecule has 1 rings (SSSR count). The van der Waals surface area contributed by atoms with Gasteiger partial charge in [-0.05, 0) is 26.3 Å². The van der Waals surface area contributed by atoms with Crippen LogP contribution in [0.5, 0.6) is 0 Å². The van der Waals surface area contributed by atoms with Gasteiger partial charge in [-0.2, -0.15) is 0 Å². The number of aliphatic hydroxyl groups is 1. The molecule has 1 atom stereocenters. The van der Waals surface area contributed by atoms with E-state index < -0.39 is 0 Å². The Kier molecular flexibility index (Phi) is 6.10. The van der Waals surface area contributed by atoms with Crippen molar-refractivity contribution in [1.29, 1.82) is 0 Å². The molecule has 1 saturated heterocycles. The first-order valence-electron chi connectivity index (χ1n) is 5.35. The molecule has 1 N–H and O–H groups in total. The first kappa shape index (κ1) is 11.9. The minimum Gasteiger partial charge on any atom is -0.395 e. The van der Waals surface area contributed by atoms with Gasteiger partial charge in [0.05, 0.1) is 13.2 Å². The fraction of sp³-hybridized carbons (Fsp3) is 1.00. The summed E-state index contributed by atoms with van der Waals surface area (Å²) in [6.45, 7) is 3.27. The molecule has 0 aromatic heterocycles. The smallest absolute Gasteiger partial charge is 0.157 e. The van der Waals surface area contributed by atoms with Crippen molar-refractivity contribution in [3.63, 3.8) is 0 Å². The van der Waals surface area contributed by atoms with Crippen molar-refractivity contribution in [2.24, 2.45) is 0 Å². The number of hydrogen-bond acceptors (Lipinski definition) is 4. The molecule has 0 amide bonds. The Hall–Kier alpha value is -0.160. The molecule has 1 aliphatic heterocycles. The van der Waals surface area contributed by atoms with Gasteiger partial charge in [-0.25, -0.2) is 0 Å². The number of likely N-dealkylation sites (N-methyl/N-ethyl adjacent to an activating group) is 1. The highest BCUT2D eigenvalue weighted by Crippen LogP contribution is 2.13. The molecule has 0 aromatic carbocycles. The lowest BCUT2D eigenvalue weighted by Crippen LogP contribution is -2.29. The minimum absolute atomic E-state index is 0.00581. The van der Waals surface area contributed by atoms with Gasteiger partial charge in [0.1, 0.15) is 0 Å². The topological polar surface area (TPSA) is 41.9 Å². The monoisotopic (exact) mass is 203 g/mol. The van der Waals surface area contributed by atoms with Crippen LogP contribution in [-0.2, 0) is 9.47 Å². The third-order valence-corrected chi connectivity index (χ3v) is 2.40. The average molecular weight is 203 g/mol. The fourth-order valence-electron chi connectivity index (χ4n) is 1.47. The van der Waals surface area contributed by atoms with Crippen LogP contribution in [0.3, 0.4) is 0 Å². The number of hydrogen-bond donors (Lipinski definition) is 1. The zero-order valence-electron chi connectivity index (χ0n) is 8.95. The Morgan fingerprint density at radius 3 is 2.93 bits per heavy atom. The van der Waals surface area contributed by atoms with Crippen LogP contribution in [0.15, 0.2) is 0 Å². The molecule has 4 nitrogen and oxygen atoms in total. The third-order valence-electron chi connectivity index (χ3n) is 2.40. The molecule has 0 aliphatic carbocycles. The Morgan fingerprint density at radius 1 is 1.43 bits per heavy atom. The standard InChI is InChI=1S/C10H21NO3/c1-11(5-7-12)6-9-14-10-4-2-3-8-13-10/h10,12H,2-9H2,1H3. The van der Waals surface area contributed by atoms with Gasteiger partial charge in [0.2, 0.25) is 0 Å². The van der Waals surface area contributed by atoms with Gasteiger partial charge in [-0.1, -0.05) is 0 Å². The highest BCUT2D eigenvalue weighted by molar-refractivity contribution is 4.55. The molecular weight excluding hydrogens is 182 g/mol. The lowest BCUT2D eigenvalue weighted by Gasteiger charge is -2.24. The molecular formula is C10H21NO3. The molecule has 1 unspecified atom stereocenters. The SMILES string of the molecule is CN(CCO)CCOC1CCCCO1. The van der Waals surface area contributed by atoms with Crippen molar-refractivity contribution in [2.75, 3.05) is 40.0 Å². The summed E-state index contributed by atoms with van der Waals surface area (Å²) in [5, 5.41) is 8.68. The van der Waals surface area contributed by atoms with E-state index in [1.807, 2.05) is 11.9 Å². The molecule has 84 valence electrons. The summed E-state index contributed by atoms with van der Waals surface area (Å²) in [6.07, 6.45) is 3.39. The zero-order valence-corrected chi connectivity index (χ0v) is 8.95. The largest absolute Gasteiger partial charge is 0.395 e. The molecule has 1 aliphatic rings. The summed E-state index contributed by atoms with van der Waals surface area (Å²) in [5.74, 6) is 0. The van der Waals surface area contributed by atoms with Crippen molar-refractivity contribution in [3.8, 4) is 0 Å². The van der Waals surface area contributed by atoms with Crippen LogP contribution in [-0.4, -0.2) is 56.3 Å². The van der Waals surface area contributed by atoms with E-state index in [1.54, 1.807) is 0 Å². The third kappa shape index (κ3) is 4.91. The molecule has 0 saturated carbocycles. The quantitative estimate of drug-likeness (QED) is 0.680. The van der Waals surface area contributed by atoms with E-state index in [2.05, 4.69) is 0 Å². The average Bonchev–Trinajstić information content (AvgIpc) is 2.20. The summed E-state index contributed by atoms with van der Waals surface area (Å²) in [5.41, 5.74) is 0. The molecule has 0 aromatic rings. The van der Waals surface area contributed by atoms with Crippen molar-refractivity contribution >= 4 is 0 Å². The Balaban J connectivity index is 1.96. The maximum absolute atomic E-state index is 8.68. The fourth-order valence-corrected chi connectivity index (χ4v) is 1.47. The first-order chi connectivity index (χ1) is 6.83. The Bertz CT molecular complexity index is 137. The Labute approximate surface area is 85.8 Å². The van der Waals surface area contributed by atoms with Crippen LogP contribution in [0.4, 0.5) is 0 Å². The summed E-state index contributed by atoms with van der Waals surface area (Å²) in [6, 6.07) is 0. The van der Waals surface area contributed by atoms with Gasteiger partial charge in [0, 0.05) is 19.7 Å². The second kappa shape index (κ2) is 7.17. The summed E-state index contributed by atoms with van der Waals surface area (Å²) < 4.78 is 11.0. The highest BCUT2D eigenvalue weighted by atomic mass is 16.7. The minimum atomic E-state index is 0.00581. The van der Waals surface area contributed by atoms with E-state index in [-0.39, 0.29) is 12.9 Å². The van der Waals surface area contributed by atoms with Gasteiger partial charge in [-0.15, -0.1) is 0 Å².